The molecule has 1 heterocycles. The lowest BCUT2D eigenvalue weighted by Gasteiger charge is -2.20. The molecule has 0 aromatic heterocycles. The molecule has 1 atom stereocenters. The largest absolute Gasteiger partial charge is 0.305 e. The second-order valence-electron chi connectivity index (χ2n) is 4.61. The first-order valence-corrected chi connectivity index (χ1v) is 4.45. The van der Waals surface area contributed by atoms with E-state index in [1.165, 1.54) is 0 Å². The van der Waals surface area contributed by atoms with Crippen molar-refractivity contribution in [1.82, 2.24) is 10.6 Å². The van der Waals surface area contributed by atoms with Crippen LogP contribution in [0, 0.1) is 5.41 Å². The van der Waals surface area contributed by atoms with E-state index in [0.717, 1.165) is 6.54 Å². The van der Waals surface area contributed by atoms with Crippen molar-refractivity contribution in [3.05, 3.63) is 0 Å². The summed E-state index contributed by atoms with van der Waals surface area (Å²) in [5.41, 5.74) is 0.131. The number of amides is 2. The van der Waals surface area contributed by atoms with Crippen LogP contribution >= 0.6 is 0 Å². The minimum absolute atomic E-state index is 0.131. The van der Waals surface area contributed by atoms with Gasteiger partial charge < -0.3 is 5.32 Å². The first kappa shape index (κ1) is 10.2. The molecular formula is C9H16N2O2. The highest BCUT2D eigenvalue weighted by Crippen LogP contribution is 2.12. The standard InChI is InChI=1S/C9H16N2O2/c1-9(2,3)5-10-6-4-7(12)11-8(6)13/h6,10H,4-5H2,1-3H3,(H,11,12,13). The van der Waals surface area contributed by atoms with E-state index in [2.05, 4.69) is 31.4 Å². The first-order chi connectivity index (χ1) is 5.88. The summed E-state index contributed by atoms with van der Waals surface area (Å²) in [5, 5.41) is 5.33. The number of carbonyl (C=O) groups excluding carboxylic acids is 2. The molecule has 0 aromatic carbocycles. The molecular weight excluding hydrogens is 168 g/mol. The van der Waals surface area contributed by atoms with Gasteiger partial charge in [-0.25, -0.2) is 0 Å². The van der Waals surface area contributed by atoms with Gasteiger partial charge in [-0.2, -0.15) is 0 Å². The minimum Gasteiger partial charge on any atom is -0.305 e. The van der Waals surface area contributed by atoms with Crippen LogP contribution < -0.4 is 10.6 Å². The zero-order valence-electron chi connectivity index (χ0n) is 8.31. The van der Waals surface area contributed by atoms with Crippen LogP contribution in [-0.2, 0) is 9.59 Å². The topological polar surface area (TPSA) is 58.2 Å². The van der Waals surface area contributed by atoms with E-state index in [1.807, 2.05) is 0 Å². The molecule has 0 spiro atoms. The number of hydrogen-bond donors (Lipinski definition) is 2. The molecule has 0 aliphatic carbocycles. The fraction of sp³-hybridized carbons (Fsp3) is 0.778. The van der Waals surface area contributed by atoms with Crippen LogP contribution in [0.25, 0.3) is 0 Å². The molecule has 2 amide bonds. The number of nitrogens with one attached hydrogen (secondary N) is 2. The zero-order chi connectivity index (χ0) is 10.1. The van der Waals surface area contributed by atoms with Crippen LogP contribution in [0.15, 0.2) is 0 Å². The summed E-state index contributed by atoms with van der Waals surface area (Å²) >= 11 is 0. The molecule has 1 saturated heterocycles. The van der Waals surface area contributed by atoms with Gasteiger partial charge >= 0.3 is 0 Å². The van der Waals surface area contributed by atoms with Gasteiger partial charge in [0.05, 0.1) is 12.5 Å². The van der Waals surface area contributed by atoms with Gasteiger partial charge in [0.1, 0.15) is 0 Å². The van der Waals surface area contributed by atoms with Gasteiger partial charge in [0, 0.05) is 6.54 Å². The molecule has 1 unspecified atom stereocenters. The van der Waals surface area contributed by atoms with Gasteiger partial charge in [-0.1, -0.05) is 20.8 Å². The van der Waals surface area contributed by atoms with Crippen LogP contribution in [0.5, 0.6) is 0 Å². The summed E-state index contributed by atoms with van der Waals surface area (Å²) in [5.74, 6) is -0.384. The Morgan fingerprint density at radius 3 is 2.46 bits per heavy atom. The highest BCUT2D eigenvalue weighted by Gasteiger charge is 2.30. The second-order valence-corrected chi connectivity index (χ2v) is 4.61. The molecule has 1 aliphatic heterocycles. The maximum absolute atomic E-state index is 11.1. The average molecular weight is 184 g/mol. The molecule has 0 radical (unpaired) electrons. The fourth-order valence-electron chi connectivity index (χ4n) is 1.15. The van der Waals surface area contributed by atoms with Crippen LogP contribution in [0.4, 0.5) is 0 Å². The molecule has 4 heteroatoms. The third kappa shape index (κ3) is 3.14. The van der Waals surface area contributed by atoms with Gasteiger partial charge in [-0.3, -0.25) is 14.9 Å². The SMILES string of the molecule is CC(C)(C)CNC1CC(=O)NC1=O. The van der Waals surface area contributed by atoms with Gasteiger partial charge in [-0.05, 0) is 5.41 Å². The molecule has 1 fully saturated rings. The Bertz CT molecular complexity index is 230. The normalized spacial score (nSPS) is 23.5. The van der Waals surface area contributed by atoms with Gasteiger partial charge in [0.15, 0.2) is 0 Å². The molecule has 1 aliphatic rings. The minimum atomic E-state index is -0.327. The molecule has 0 aromatic rings. The fourth-order valence-corrected chi connectivity index (χ4v) is 1.15. The van der Waals surface area contributed by atoms with Crippen molar-refractivity contribution in [1.29, 1.82) is 0 Å². The lowest BCUT2D eigenvalue weighted by atomic mass is 9.96. The highest BCUT2D eigenvalue weighted by molar-refractivity contribution is 6.05. The Balaban J connectivity index is 2.38. The van der Waals surface area contributed by atoms with Crippen molar-refractivity contribution in [3.63, 3.8) is 0 Å². The van der Waals surface area contributed by atoms with E-state index >= 15 is 0 Å². The molecule has 4 nitrogen and oxygen atoms in total. The third-order valence-electron chi connectivity index (χ3n) is 1.85. The number of rotatable bonds is 2. The molecule has 0 saturated carbocycles. The summed E-state index contributed by atoms with van der Waals surface area (Å²) in [6.07, 6.45) is 0.273. The van der Waals surface area contributed by atoms with E-state index < -0.39 is 0 Å². The van der Waals surface area contributed by atoms with Crippen molar-refractivity contribution in [2.24, 2.45) is 5.41 Å². The van der Waals surface area contributed by atoms with E-state index in [0.29, 0.717) is 0 Å². The highest BCUT2D eigenvalue weighted by atomic mass is 16.2. The molecule has 74 valence electrons. The van der Waals surface area contributed by atoms with Crippen molar-refractivity contribution in [3.8, 4) is 0 Å². The summed E-state index contributed by atoms with van der Waals surface area (Å²) < 4.78 is 0. The van der Waals surface area contributed by atoms with Gasteiger partial charge in [0.25, 0.3) is 0 Å². The van der Waals surface area contributed by atoms with Crippen LogP contribution in [0.2, 0.25) is 0 Å². The lowest BCUT2D eigenvalue weighted by Crippen LogP contribution is -2.40. The molecule has 2 N–H and O–H groups in total. The molecule has 13 heavy (non-hydrogen) atoms. The summed E-state index contributed by atoms with van der Waals surface area (Å²) in [4.78, 5) is 21.9. The van der Waals surface area contributed by atoms with Crippen molar-refractivity contribution < 1.29 is 9.59 Å². The van der Waals surface area contributed by atoms with E-state index in [-0.39, 0.29) is 29.7 Å². The summed E-state index contributed by atoms with van der Waals surface area (Å²) in [6, 6.07) is -0.327. The number of imide groups is 1. The predicted molar refractivity (Wildman–Crippen MR) is 49.0 cm³/mol. The Morgan fingerprint density at radius 1 is 1.46 bits per heavy atom. The van der Waals surface area contributed by atoms with Crippen molar-refractivity contribution in [2.75, 3.05) is 6.54 Å². The molecule has 1 rings (SSSR count). The van der Waals surface area contributed by atoms with Crippen LogP contribution in [0.3, 0.4) is 0 Å². The van der Waals surface area contributed by atoms with E-state index in [1.54, 1.807) is 0 Å². The van der Waals surface area contributed by atoms with Crippen LogP contribution in [-0.4, -0.2) is 24.4 Å². The first-order valence-electron chi connectivity index (χ1n) is 4.45. The Morgan fingerprint density at radius 2 is 2.08 bits per heavy atom. The van der Waals surface area contributed by atoms with Gasteiger partial charge in [-0.15, -0.1) is 0 Å². The average Bonchev–Trinajstić information content (AvgIpc) is 2.24. The zero-order valence-corrected chi connectivity index (χ0v) is 8.31. The Labute approximate surface area is 78.1 Å². The Kier molecular flexibility index (Phi) is 2.71. The maximum atomic E-state index is 11.1. The van der Waals surface area contributed by atoms with Crippen molar-refractivity contribution in [2.45, 2.75) is 33.2 Å². The summed E-state index contributed by atoms with van der Waals surface area (Å²) in [7, 11) is 0. The quantitative estimate of drug-likeness (QED) is 0.596. The van der Waals surface area contributed by atoms with Crippen molar-refractivity contribution >= 4 is 11.8 Å². The lowest BCUT2D eigenvalue weighted by molar-refractivity contribution is -0.125. The van der Waals surface area contributed by atoms with E-state index in [4.69, 9.17) is 0 Å². The van der Waals surface area contributed by atoms with Gasteiger partial charge in [0.2, 0.25) is 11.8 Å². The molecule has 0 bridgehead atoms. The maximum Gasteiger partial charge on any atom is 0.244 e. The van der Waals surface area contributed by atoms with Crippen LogP contribution in [0.1, 0.15) is 27.2 Å². The Hall–Kier alpha value is -0.900. The van der Waals surface area contributed by atoms with E-state index in [9.17, 15) is 9.59 Å². The monoisotopic (exact) mass is 184 g/mol. The third-order valence-corrected chi connectivity index (χ3v) is 1.85. The second kappa shape index (κ2) is 3.46. The predicted octanol–water partition coefficient (Wildman–Crippen LogP) is 0.0372. The summed E-state index contributed by atoms with van der Waals surface area (Å²) in [6.45, 7) is 6.97. The number of hydrogen-bond acceptors (Lipinski definition) is 3. The smallest absolute Gasteiger partial charge is 0.244 e. The number of carbonyl (C=O) groups is 2.